The molecule has 1 atom stereocenters. The Hall–Kier alpha value is -1.35. The minimum Gasteiger partial charge on any atom is -0.327 e. The molecule has 1 aromatic heterocycles. The van der Waals surface area contributed by atoms with Crippen LogP contribution in [0.2, 0.25) is 0 Å². The first-order chi connectivity index (χ1) is 8.90. The first-order valence-corrected chi connectivity index (χ1v) is 7.13. The topological polar surface area (TPSA) is 43.8 Å². The highest BCUT2D eigenvalue weighted by atomic mass is 15.1. The fourth-order valence-electron chi connectivity index (χ4n) is 2.43. The Morgan fingerprint density at radius 3 is 2.47 bits per heavy atom. The zero-order valence-corrected chi connectivity index (χ0v) is 12.6. The van der Waals surface area contributed by atoms with Gasteiger partial charge in [0.05, 0.1) is 11.0 Å². The van der Waals surface area contributed by atoms with Crippen LogP contribution < -0.4 is 5.73 Å². The van der Waals surface area contributed by atoms with Gasteiger partial charge >= 0.3 is 0 Å². The zero-order valence-electron chi connectivity index (χ0n) is 12.6. The number of hydrogen-bond donors (Lipinski definition) is 1. The van der Waals surface area contributed by atoms with E-state index in [2.05, 4.69) is 57.4 Å². The summed E-state index contributed by atoms with van der Waals surface area (Å²) in [5, 5.41) is 0. The molecule has 0 aliphatic heterocycles. The van der Waals surface area contributed by atoms with Gasteiger partial charge in [-0.2, -0.15) is 0 Å². The van der Waals surface area contributed by atoms with Crippen LogP contribution in [0.25, 0.3) is 11.0 Å². The number of benzene rings is 1. The van der Waals surface area contributed by atoms with Gasteiger partial charge in [0, 0.05) is 18.5 Å². The third kappa shape index (κ3) is 2.81. The number of aryl methyl sites for hydroxylation is 1. The third-order valence-corrected chi connectivity index (χ3v) is 3.71. The molecule has 3 heteroatoms. The van der Waals surface area contributed by atoms with Gasteiger partial charge in [-0.3, -0.25) is 0 Å². The molecule has 0 aliphatic rings. The second kappa shape index (κ2) is 5.33. The number of imidazole rings is 1. The molecule has 0 saturated heterocycles. The molecule has 0 aliphatic carbocycles. The summed E-state index contributed by atoms with van der Waals surface area (Å²) >= 11 is 0. The zero-order chi connectivity index (χ0) is 14.2. The van der Waals surface area contributed by atoms with Crippen molar-refractivity contribution in [3.63, 3.8) is 0 Å². The van der Waals surface area contributed by atoms with Crippen LogP contribution in [-0.4, -0.2) is 15.6 Å². The summed E-state index contributed by atoms with van der Waals surface area (Å²) in [4.78, 5) is 4.80. The SMILES string of the molecule is Cc1ccc2c(c1)nc(CC(N)C(C)C)n2C(C)C. The lowest BCUT2D eigenvalue weighted by atomic mass is 10.0. The Bertz CT molecular complexity index is 567. The Morgan fingerprint density at radius 1 is 1.21 bits per heavy atom. The van der Waals surface area contributed by atoms with E-state index in [9.17, 15) is 0 Å². The van der Waals surface area contributed by atoms with Gasteiger partial charge in [0.1, 0.15) is 5.82 Å². The van der Waals surface area contributed by atoms with Crippen LogP contribution in [0.4, 0.5) is 0 Å². The summed E-state index contributed by atoms with van der Waals surface area (Å²) in [6.07, 6.45) is 0.837. The Balaban J connectivity index is 2.50. The van der Waals surface area contributed by atoms with Crippen molar-refractivity contribution in [1.82, 2.24) is 9.55 Å². The third-order valence-electron chi connectivity index (χ3n) is 3.71. The number of rotatable bonds is 4. The molecule has 0 fully saturated rings. The standard InChI is InChI=1S/C16H25N3/c1-10(2)13(17)9-16-18-14-8-12(5)6-7-15(14)19(16)11(3)4/h6-8,10-11,13H,9,17H2,1-5H3. The van der Waals surface area contributed by atoms with Crippen molar-refractivity contribution in [3.8, 4) is 0 Å². The summed E-state index contributed by atoms with van der Waals surface area (Å²) in [7, 11) is 0. The minimum absolute atomic E-state index is 0.162. The first kappa shape index (κ1) is 14.1. The molecule has 2 rings (SSSR count). The van der Waals surface area contributed by atoms with Crippen LogP contribution in [0.5, 0.6) is 0 Å². The van der Waals surface area contributed by atoms with Crippen LogP contribution in [0, 0.1) is 12.8 Å². The van der Waals surface area contributed by atoms with Crippen molar-refractivity contribution in [2.75, 3.05) is 0 Å². The molecule has 104 valence electrons. The summed E-state index contributed by atoms with van der Waals surface area (Å²) in [5.41, 5.74) is 9.76. The van der Waals surface area contributed by atoms with E-state index < -0.39 is 0 Å². The molecule has 19 heavy (non-hydrogen) atoms. The van der Waals surface area contributed by atoms with E-state index in [1.165, 1.54) is 11.1 Å². The summed E-state index contributed by atoms with van der Waals surface area (Å²) in [6, 6.07) is 7.04. The molecule has 0 bridgehead atoms. The van der Waals surface area contributed by atoms with Gasteiger partial charge in [0.25, 0.3) is 0 Å². The van der Waals surface area contributed by atoms with Gasteiger partial charge in [0.15, 0.2) is 0 Å². The van der Waals surface area contributed by atoms with Crippen LogP contribution in [0.3, 0.4) is 0 Å². The van der Waals surface area contributed by atoms with Crippen LogP contribution in [-0.2, 0) is 6.42 Å². The van der Waals surface area contributed by atoms with Gasteiger partial charge in [0.2, 0.25) is 0 Å². The molecule has 1 unspecified atom stereocenters. The predicted molar refractivity (Wildman–Crippen MR) is 81.4 cm³/mol. The predicted octanol–water partition coefficient (Wildman–Crippen LogP) is 3.45. The van der Waals surface area contributed by atoms with E-state index in [1.807, 2.05) is 0 Å². The van der Waals surface area contributed by atoms with Gasteiger partial charge in [-0.25, -0.2) is 4.98 Å². The second-order valence-corrected chi connectivity index (χ2v) is 6.10. The van der Waals surface area contributed by atoms with Crippen LogP contribution >= 0.6 is 0 Å². The molecular weight excluding hydrogens is 234 g/mol. The second-order valence-electron chi connectivity index (χ2n) is 6.10. The quantitative estimate of drug-likeness (QED) is 0.914. The van der Waals surface area contributed by atoms with E-state index in [1.54, 1.807) is 0 Å². The van der Waals surface area contributed by atoms with Gasteiger partial charge in [-0.1, -0.05) is 19.9 Å². The maximum absolute atomic E-state index is 6.22. The number of nitrogens with two attached hydrogens (primary N) is 1. The molecule has 0 amide bonds. The molecule has 3 nitrogen and oxygen atoms in total. The van der Waals surface area contributed by atoms with Crippen molar-refractivity contribution in [3.05, 3.63) is 29.6 Å². The van der Waals surface area contributed by atoms with Crippen molar-refractivity contribution in [2.24, 2.45) is 11.7 Å². The Kier molecular flexibility index (Phi) is 3.95. The molecule has 2 N–H and O–H groups in total. The van der Waals surface area contributed by atoms with Crippen molar-refractivity contribution in [1.29, 1.82) is 0 Å². The van der Waals surface area contributed by atoms with E-state index in [0.717, 1.165) is 17.8 Å². The van der Waals surface area contributed by atoms with Crippen molar-refractivity contribution < 1.29 is 0 Å². The number of nitrogens with zero attached hydrogens (tertiary/aromatic N) is 2. The molecule has 1 aromatic carbocycles. The maximum Gasteiger partial charge on any atom is 0.111 e. The maximum atomic E-state index is 6.22. The lowest BCUT2D eigenvalue weighted by Gasteiger charge is -2.18. The molecule has 2 aromatic rings. The van der Waals surface area contributed by atoms with E-state index >= 15 is 0 Å². The monoisotopic (exact) mass is 259 g/mol. The highest BCUT2D eigenvalue weighted by Gasteiger charge is 2.17. The Morgan fingerprint density at radius 2 is 1.89 bits per heavy atom. The summed E-state index contributed by atoms with van der Waals surface area (Å²) in [5.74, 6) is 1.58. The molecule has 1 heterocycles. The average molecular weight is 259 g/mol. The fraction of sp³-hybridized carbons (Fsp3) is 0.562. The molecule has 0 saturated carbocycles. The van der Waals surface area contributed by atoms with Crippen molar-refractivity contribution >= 4 is 11.0 Å². The normalized spacial score (nSPS) is 13.7. The first-order valence-electron chi connectivity index (χ1n) is 7.13. The van der Waals surface area contributed by atoms with E-state index in [4.69, 9.17) is 10.7 Å². The van der Waals surface area contributed by atoms with E-state index in [-0.39, 0.29) is 6.04 Å². The van der Waals surface area contributed by atoms with Gasteiger partial charge in [-0.05, 0) is 44.4 Å². The smallest absolute Gasteiger partial charge is 0.111 e. The highest BCUT2D eigenvalue weighted by Crippen LogP contribution is 2.23. The average Bonchev–Trinajstić information content (AvgIpc) is 2.65. The van der Waals surface area contributed by atoms with Gasteiger partial charge in [-0.15, -0.1) is 0 Å². The number of fused-ring (bicyclic) bond motifs is 1. The number of aromatic nitrogens is 2. The molecular formula is C16H25N3. The largest absolute Gasteiger partial charge is 0.327 e. The Labute approximate surface area is 115 Å². The summed E-state index contributed by atoms with van der Waals surface area (Å²) in [6.45, 7) is 10.8. The molecule has 0 radical (unpaired) electrons. The lowest BCUT2D eigenvalue weighted by molar-refractivity contribution is 0.464. The van der Waals surface area contributed by atoms with Gasteiger partial charge < -0.3 is 10.3 Å². The summed E-state index contributed by atoms with van der Waals surface area (Å²) < 4.78 is 2.32. The molecule has 0 spiro atoms. The number of hydrogen-bond acceptors (Lipinski definition) is 2. The highest BCUT2D eigenvalue weighted by molar-refractivity contribution is 5.77. The fourth-order valence-corrected chi connectivity index (χ4v) is 2.43. The van der Waals surface area contributed by atoms with Crippen LogP contribution in [0.15, 0.2) is 18.2 Å². The van der Waals surface area contributed by atoms with Crippen LogP contribution in [0.1, 0.15) is 45.1 Å². The minimum atomic E-state index is 0.162. The van der Waals surface area contributed by atoms with E-state index in [0.29, 0.717) is 12.0 Å². The lowest BCUT2D eigenvalue weighted by Crippen LogP contribution is -2.30. The van der Waals surface area contributed by atoms with Crippen molar-refractivity contribution in [2.45, 2.75) is 53.1 Å².